The average molecular weight is 486 g/mol. The molecular formula is C18H20BrN3O2S3. The van der Waals surface area contributed by atoms with E-state index < -0.39 is 0 Å². The summed E-state index contributed by atoms with van der Waals surface area (Å²) in [5, 5.41) is 3.59. The Morgan fingerprint density at radius 2 is 2.15 bits per heavy atom. The molecule has 9 heteroatoms. The van der Waals surface area contributed by atoms with Crippen molar-refractivity contribution in [3.05, 3.63) is 47.9 Å². The highest BCUT2D eigenvalue weighted by molar-refractivity contribution is 9.11. The number of rotatable bonds is 8. The largest absolute Gasteiger partial charge is 0.355 e. The number of carbonyl (C=O) groups is 1. The summed E-state index contributed by atoms with van der Waals surface area (Å²) in [6, 6.07) is 4.16. The van der Waals surface area contributed by atoms with Gasteiger partial charge in [-0.25, -0.2) is 4.98 Å². The van der Waals surface area contributed by atoms with Crippen LogP contribution in [-0.4, -0.2) is 27.8 Å². The summed E-state index contributed by atoms with van der Waals surface area (Å²) >= 11 is 8.52. The lowest BCUT2D eigenvalue weighted by atomic mass is 10.2. The first kappa shape index (κ1) is 20.6. The van der Waals surface area contributed by atoms with Crippen LogP contribution in [0.15, 0.2) is 27.0 Å². The van der Waals surface area contributed by atoms with Crippen LogP contribution in [0, 0.1) is 13.8 Å². The zero-order valence-corrected chi connectivity index (χ0v) is 19.1. The molecule has 3 heterocycles. The Kier molecular flexibility index (Phi) is 7.13. The van der Waals surface area contributed by atoms with Gasteiger partial charge in [0.25, 0.3) is 5.56 Å². The van der Waals surface area contributed by atoms with Gasteiger partial charge >= 0.3 is 0 Å². The lowest BCUT2D eigenvalue weighted by molar-refractivity contribution is -0.121. The van der Waals surface area contributed by atoms with Gasteiger partial charge in [-0.05, 0) is 47.5 Å². The molecule has 0 fully saturated rings. The molecule has 0 saturated heterocycles. The molecule has 1 N–H and O–H groups in total. The molecule has 0 bridgehead atoms. The van der Waals surface area contributed by atoms with E-state index in [9.17, 15) is 9.59 Å². The van der Waals surface area contributed by atoms with E-state index in [2.05, 4.69) is 38.4 Å². The van der Waals surface area contributed by atoms with Crippen molar-refractivity contribution >= 4 is 66.5 Å². The van der Waals surface area contributed by atoms with Crippen molar-refractivity contribution in [1.82, 2.24) is 14.9 Å². The van der Waals surface area contributed by atoms with Crippen molar-refractivity contribution in [3.63, 3.8) is 0 Å². The quantitative estimate of drug-likeness (QED) is 0.482. The lowest BCUT2D eigenvalue weighted by Crippen LogP contribution is -2.29. The first-order valence-corrected chi connectivity index (χ1v) is 12.1. The van der Waals surface area contributed by atoms with Gasteiger partial charge in [-0.2, -0.15) is 11.8 Å². The normalized spacial score (nSPS) is 11.2. The second-order valence-corrected chi connectivity index (χ2v) is 10.9. The Balaban J connectivity index is 1.44. The van der Waals surface area contributed by atoms with Crippen molar-refractivity contribution < 1.29 is 4.79 Å². The second-order valence-electron chi connectivity index (χ2n) is 6.06. The number of thiophene rings is 2. The standard InChI is InChI=1S/C18H20BrN3O2S3/c1-11-12(2)26-17-16(11)18(24)22(10-21-17)7-5-15(23)20-6-8-25-9-13-3-4-14(19)27-13/h3-4,10H,5-9H2,1-2H3,(H,20,23). The van der Waals surface area contributed by atoms with Crippen LogP contribution in [0.1, 0.15) is 21.7 Å². The van der Waals surface area contributed by atoms with Gasteiger partial charge in [-0.15, -0.1) is 22.7 Å². The number of hydrogen-bond donors (Lipinski definition) is 1. The Morgan fingerprint density at radius 1 is 1.33 bits per heavy atom. The maximum absolute atomic E-state index is 12.6. The van der Waals surface area contributed by atoms with Gasteiger partial charge in [0.1, 0.15) is 4.83 Å². The lowest BCUT2D eigenvalue weighted by Gasteiger charge is -2.07. The summed E-state index contributed by atoms with van der Waals surface area (Å²) in [5.41, 5.74) is 0.924. The van der Waals surface area contributed by atoms with Gasteiger partial charge < -0.3 is 5.32 Å². The van der Waals surface area contributed by atoms with E-state index in [-0.39, 0.29) is 17.9 Å². The van der Waals surface area contributed by atoms with E-state index in [0.29, 0.717) is 18.5 Å². The maximum Gasteiger partial charge on any atom is 0.262 e. The van der Waals surface area contributed by atoms with Crippen molar-refractivity contribution in [2.24, 2.45) is 0 Å². The SMILES string of the molecule is Cc1sc2ncn(CCC(=O)NCCSCc3ccc(Br)s3)c(=O)c2c1C. The number of nitrogens with zero attached hydrogens (tertiary/aromatic N) is 2. The molecule has 0 radical (unpaired) electrons. The van der Waals surface area contributed by atoms with Crippen molar-refractivity contribution in [1.29, 1.82) is 0 Å². The molecule has 0 atom stereocenters. The molecule has 0 aliphatic heterocycles. The van der Waals surface area contributed by atoms with Crippen LogP contribution >= 0.6 is 50.4 Å². The van der Waals surface area contributed by atoms with Gasteiger partial charge in [0.2, 0.25) is 5.91 Å². The Morgan fingerprint density at radius 3 is 2.89 bits per heavy atom. The number of thioether (sulfide) groups is 1. The van der Waals surface area contributed by atoms with Gasteiger partial charge in [-0.3, -0.25) is 14.2 Å². The molecule has 0 aromatic carbocycles. The molecule has 3 aromatic rings. The summed E-state index contributed by atoms with van der Waals surface area (Å²) in [7, 11) is 0. The smallest absolute Gasteiger partial charge is 0.262 e. The third-order valence-corrected chi connectivity index (χ3v) is 8.11. The molecule has 0 aliphatic rings. The third kappa shape index (κ3) is 5.22. The van der Waals surface area contributed by atoms with E-state index in [4.69, 9.17) is 0 Å². The van der Waals surface area contributed by atoms with E-state index in [1.807, 2.05) is 13.8 Å². The molecule has 27 heavy (non-hydrogen) atoms. The number of hydrogen-bond acceptors (Lipinski definition) is 6. The zero-order valence-electron chi connectivity index (χ0n) is 15.1. The summed E-state index contributed by atoms with van der Waals surface area (Å²) < 4.78 is 2.67. The average Bonchev–Trinajstić information content (AvgIpc) is 3.17. The molecule has 1 amide bonds. The fourth-order valence-electron chi connectivity index (χ4n) is 2.60. The van der Waals surface area contributed by atoms with Crippen molar-refractivity contribution in [2.75, 3.05) is 12.3 Å². The number of aromatic nitrogens is 2. The van der Waals surface area contributed by atoms with Crippen LogP contribution < -0.4 is 10.9 Å². The Labute approximate surface area is 178 Å². The molecule has 0 aliphatic carbocycles. The number of aryl methyl sites for hydroxylation is 3. The number of fused-ring (bicyclic) bond motifs is 1. The first-order valence-electron chi connectivity index (χ1n) is 8.49. The molecular weight excluding hydrogens is 466 g/mol. The minimum atomic E-state index is -0.0627. The van der Waals surface area contributed by atoms with Gasteiger partial charge in [0, 0.05) is 40.8 Å². The van der Waals surface area contributed by atoms with Crippen LogP contribution in [0.25, 0.3) is 10.2 Å². The summed E-state index contributed by atoms with van der Waals surface area (Å²) in [4.78, 5) is 32.2. The third-order valence-electron chi connectivity index (χ3n) is 4.18. The predicted molar refractivity (Wildman–Crippen MR) is 119 cm³/mol. The van der Waals surface area contributed by atoms with Gasteiger partial charge in [0.05, 0.1) is 15.5 Å². The van der Waals surface area contributed by atoms with Crippen LogP contribution in [0.4, 0.5) is 0 Å². The molecule has 144 valence electrons. The first-order chi connectivity index (χ1) is 13.0. The van der Waals surface area contributed by atoms with Crippen molar-refractivity contribution in [3.8, 4) is 0 Å². The molecule has 3 rings (SSSR count). The fourth-order valence-corrected chi connectivity index (χ4v) is 6.04. The molecule has 0 spiro atoms. The van der Waals surface area contributed by atoms with Crippen LogP contribution in [-0.2, 0) is 17.1 Å². The Hall–Kier alpha value is -1.16. The maximum atomic E-state index is 12.6. The number of amides is 1. The van der Waals surface area contributed by atoms with E-state index >= 15 is 0 Å². The Bertz CT molecular complexity index is 1010. The fraction of sp³-hybridized carbons (Fsp3) is 0.389. The number of halogens is 1. The second kappa shape index (κ2) is 9.36. The zero-order chi connectivity index (χ0) is 19.4. The van der Waals surface area contributed by atoms with Crippen LogP contribution in [0.5, 0.6) is 0 Å². The van der Waals surface area contributed by atoms with E-state index in [1.54, 1.807) is 29.4 Å². The van der Waals surface area contributed by atoms with Crippen LogP contribution in [0.2, 0.25) is 0 Å². The molecule has 0 saturated carbocycles. The minimum absolute atomic E-state index is 0.0420. The summed E-state index contributed by atoms with van der Waals surface area (Å²) in [6.45, 7) is 4.92. The van der Waals surface area contributed by atoms with Gasteiger partial charge in [-0.1, -0.05) is 0 Å². The highest BCUT2D eigenvalue weighted by Gasteiger charge is 2.12. The highest BCUT2D eigenvalue weighted by Crippen LogP contribution is 2.26. The van der Waals surface area contributed by atoms with Gasteiger partial charge in [0.15, 0.2) is 0 Å². The van der Waals surface area contributed by atoms with E-state index in [1.165, 1.54) is 20.8 Å². The monoisotopic (exact) mass is 485 g/mol. The predicted octanol–water partition coefficient (Wildman–Crippen LogP) is 4.34. The van der Waals surface area contributed by atoms with Crippen LogP contribution in [0.3, 0.4) is 0 Å². The summed E-state index contributed by atoms with van der Waals surface area (Å²) in [5.74, 6) is 1.77. The number of nitrogens with one attached hydrogen (secondary N) is 1. The topological polar surface area (TPSA) is 64.0 Å². The minimum Gasteiger partial charge on any atom is -0.355 e. The molecule has 5 nitrogen and oxygen atoms in total. The molecule has 3 aromatic heterocycles. The molecule has 0 unspecified atom stereocenters. The van der Waals surface area contributed by atoms with Crippen molar-refractivity contribution in [2.45, 2.75) is 32.6 Å². The van der Waals surface area contributed by atoms with E-state index in [0.717, 1.165) is 30.6 Å². The summed E-state index contributed by atoms with van der Waals surface area (Å²) in [6.07, 6.45) is 1.82. The highest BCUT2D eigenvalue weighted by atomic mass is 79.9. The number of carbonyl (C=O) groups excluding carboxylic acids is 1.